The van der Waals surface area contributed by atoms with Gasteiger partial charge in [0.2, 0.25) is 0 Å². The zero-order valence-corrected chi connectivity index (χ0v) is 11.7. The van der Waals surface area contributed by atoms with E-state index < -0.39 is 0 Å². The van der Waals surface area contributed by atoms with Crippen LogP contribution in [0.25, 0.3) is 0 Å². The van der Waals surface area contributed by atoms with Crippen LogP contribution in [0.4, 0.5) is 0 Å². The van der Waals surface area contributed by atoms with Gasteiger partial charge in [-0.15, -0.1) is 0 Å². The molecule has 0 saturated carbocycles. The number of halogens is 2. The number of hydrogen-bond acceptors (Lipinski definition) is 0. The quantitative estimate of drug-likeness (QED) is 0.483. The van der Waals surface area contributed by atoms with E-state index >= 15 is 0 Å². The second-order valence-corrected chi connectivity index (χ2v) is 5.53. The molecular weight excluding hydrogens is 374 g/mol. The van der Waals surface area contributed by atoms with Crippen molar-refractivity contribution in [2.45, 2.75) is 26.2 Å². The molecule has 0 fully saturated rings. The molecule has 1 unspecified atom stereocenters. The third-order valence-electron chi connectivity index (χ3n) is 2.30. The standard InChI is InChI=1S/C10H14I2/c1-7(2)10-8(6-11)4-3-5-9(10)12/h8H,1,3-6H2,2H3. The van der Waals surface area contributed by atoms with Crippen LogP contribution >= 0.6 is 45.2 Å². The topological polar surface area (TPSA) is 0 Å². The van der Waals surface area contributed by atoms with Crippen molar-refractivity contribution in [1.29, 1.82) is 0 Å². The number of rotatable bonds is 2. The van der Waals surface area contributed by atoms with Crippen molar-refractivity contribution in [3.05, 3.63) is 21.3 Å². The maximum Gasteiger partial charge on any atom is 0.00646 e. The summed E-state index contributed by atoms with van der Waals surface area (Å²) >= 11 is 4.97. The van der Waals surface area contributed by atoms with Crippen LogP contribution in [0.15, 0.2) is 21.3 Å². The molecule has 0 bridgehead atoms. The minimum atomic E-state index is 0.781. The lowest BCUT2D eigenvalue weighted by Crippen LogP contribution is -2.12. The lowest BCUT2D eigenvalue weighted by Gasteiger charge is -2.25. The van der Waals surface area contributed by atoms with Gasteiger partial charge in [0.1, 0.15) is 0 Å². The summed E-state index contributed by atoms with van der Waals surface area (Å²) in [4.78, 5) is 0. The Kier molecular flexibility index (Phi) is 4.57. The van der Waals surface area contributed by atoms with E-state index in [1.54, 1.807) is 9.15 Å². The van der Waals surface area contributed by atoms with Gasteiger partial charge in [0.25, 0.3) is 0 Å². The highest BCUT2D eigenvalue weighted by molar-refractivity contribution is 14.1. The van der Waals surface area contributed by atoms with E-state index in [1.165, 1.54) is 29.3 Å². The Morgan fingerprint density at radius 3 is 2.75 bits per heavy atom. The molecule has 0 radical (unpaired) electrons. The molecule has 0 nitrogen and oxygen atoms in total. The summed E-state index contributed by atoms with van der Waals surface area (Å²) in [7, 11) is 0. The minimum absolute atomic E-state index is 0.781. The van der Waals surface area contributed by atoms with Crippen LogP contribution in [0.3, 0.4) is 0 Å². The fourth-order valence-electron chi connectivity index (χ4n) is 1.74. The summed E-state index contributed by atoms with van der Waals surface area (Å²) in [5.41, 5.74) is 2.83. The van der Waals surface area contributed by atoms with Gasteiger partial charge in [-0.3, -0.25) is 0 Å². The van der Waals surface area contributed by atoms with Crippen LogP contribution in [-0.4, -0.2) is 4.43 Å². The van der Waals surface area contributed by atoms with Crippen LogP contribution in [0.5, 0.6) is 0 Å². The van der Waals surface area contributed by atoms with Crippen molar-refractivity contribution < 1.29 is 0 Å². The molecule has 0 amide bonds. The molecule has 0 saturated heterocycles. The average Bonchev–Trinajstić information content (AvgIpc) is 2.03. The molecule has 0 aromatic carbocycles. The maximum absolute atomic E-state index is 4.06. The molecule has 0 aliphatic heterocycles. The van der Waals surface area contributed by atoms with Crippen molar-refractivity contribution in [2.75, 3.05) is 4.43 Å². The van der Waals surface area contributed by atoms with E-state index in [2.05, 4.69) is 58.7 Å². The number of hydrogen-bond donors (Lipinski definition) is 0. The van der Waals surface area contributed by atoms with Crippen molar-refractivity contribution in [2.24, 2.45) is 5.92 Å². The Morgan fingerprint density at radius 1 is 1.67 bits per heavy atom. The van der Waals surface area contributed by atoms with Gasteiger partial charge in [-0.2, -0.15) is 0 Å². The molecule has 1 atom stereocenters. The van der Waals surface area contributed by atoms with Crippen LogP contribution in [0.1, 0.15) is 26.2 Å². The Balaban J connectivity index is 2.91. The van der Waals surface area contributed by atoms with Gasteiger partial charge in [-0.1, -0.05) is 34.7 Å². The second kappa shape index (κ2) is 4.98. The van der Waals surface area contributed by atoms with Gasteiger partial charge in [-0.25, -0.2) is 0 Å². The Bertz CT molecular complexity index is 216. The zero-order chi connectivity index (χ0) is 9.14. The molecule has 12 heavy (non-hydrogen) atoms. The lowest BCUT2D eigenvalue weighted by atomic mass is 9.86. The van der Waals surface area contributed by atoms with Crippen LogP contribution in [-0.2, 0) is 0 Å². The Morgan fingerprint density at radius 2 is 2.33 bits per heavy atom. The van der Waals surface area contributed by atoms with Gasteiger partial charge in [0.15, 0.2) is 0 Å². The van der Waals surface area contributed by atoms with E-state index in [-0.39, 0.29) is 0 Å². The highest BCUT2D eigenvalue weighted by atomic mass is 127. The van der Waals surface area contributed by atoms with E-state index in [1.807, 2.05) is 0 Å². The lowest BCUT2D eigenvalue weighted by molar-refractivity contribution is 0.569. The fourth-order valence-corrected chi connectivity index (χ4v) is 3.90. The van der Waals surface area contributed by atoms with Gasteiger partial charge in [0, 0.05) is 4.43 Å². The molecule has 0 aromatic rings. The predicted molar refractivity (Wildman–Crippen MR) is 72.1 cm³/mol. The SMILES string of the molecule is C=C(C)C1=C(I)CCCC1CI. The molecule has 1 aliphatic carbocycles. The third-order valence-corrected chi connectivity index (χ3v) is 4.48. The molecule has 0 aromatic heterocycles. The summed E-state index contributed by atoms with van der Waals surface area (Å²) in [6.45, 7) is 6.20. The van der Waals surface area contributed by atoms with Gasteiger partial charge >= 0.3 is 0 Å². The first-order valence-corrected chi connectivity index (χ1v) is 6.87. The van der Waals surface area contributed by atoms with Crippen LogP contribution in [0.2, 0.25) is 0 Å². The predicted octanol–water partition coefficient (Wildman–Crippen LogP) is 4.49. The average molecular weight is 388 g/mol. The first-order chi connectivity index (χ1) is 5.66. The highest BCUT2D eigenvalue weighted by Crippen LogP contribution is 2.37. The summed E-state index contributed by atoms with van der Waals surface area (Å²) < 4.78 is 2.79. The summed E-state index contributed by atoms with van der Waals surface area (Å²) in [6.07, 6.45) is 4.00. The van der Waals surface area contributed by atoms with E-state index in [0.29, 0.717) is 0 Å². The van der Waals surface area contributed by atoms with Crippen LogP contribution in [0, 0.1) is 5.92 Å². The number of allylic oxidation sites excluding steroid dienone is 3. The monoisotopic (exact) mass is 388 g/mol. The van der Waals surface area contributed by atoms with Crippen molar-refractivity contribution in [3.8, 4) is 0 Å². The molecular formula is C10H14I2. The molecule has 1 rings (SSSR count). The third kappa shape index (κ3) is 2.47. The smallest absolute Gasteiger partial charge is 0.00646 e. The first kappa shape index (κ1) is 11.0. The molecule has 0 N–H and O–H groups in total. The van der Waals surface area contributed by atoms with Crippen molar-refractivity contribution in [1.82, 2.24) is 0 Å². The summed E-state index contributed by atoms with van der Waals surface area (Å²) in [6, 6.07) is 0. The summed E-state index contributed by atoms with van der Waals surface area (Å²) in [5.74, 6) is 0.781. The Labute approximate surface area is 102 Å². The van der Waals surface area contributed by atoms with Crippen molar-refractivity contribution >= 4 is 45.2 Å². The molecule has 0 spiro atoms. The van der Waals surface area contributed by atoms with Gasteiger partial charge in [-0.05, 0) is 63.8 Å². The fraction of sp³-hybridized carbons (Fsp3) is 0.600. The zero-order valence-electron chi connectivity index (χ0n) is 7.37. The molecule has 2 heteroatoms. The highest BCUT2D eigenvalue weighted by Gasteiger charge is 2.20. The minimum Gasteiger partial charge on any atom is -0.0958 e. The Hall–Kier alpha value is 0.940. The molecule has 68 valence electrons. The van der Waals surface area contributed by atoms with Gasteiger partial charge in [0.05, 0.1) is 0 Å². The van der Waals surface area contributed by atoms with E-state index in [9.17, 15) is 0 Å². The van der Waals surface area contributed by atoms with Crippen LogP contribution < -0.4 is 0 Å². The largest absolute Gasteiger partial charge is 0.0958 e. The maximum atomic E-state index is 4.06. The van der Waals surface area contributed by atoms with Crippen molar-refractivity contribution in [3.63, 3.8) is 0 Å². The van der Waals surface area contributed by atoms with Gasteiger partial charge < -0.3 is 0 Å². The molecule has 1 aliphatic rings. The second-order valence-electron chi connectivity index (χ2n) is 3.34. The first-order valence-electron chi connectivity index (χ1n) is 4.27. The van der Waals surface area contributed by atoms with E-state index in [4.69, 9.17) is 0 Å². The normalized spacial score (nSPS) is 24.4. The summed E-state index contributed by atoms with van der Waals surface area (Å²) in [5, 5.41) is 0. The van der Waals surface area contributed by atoms with E-state index in [0.717, 1.165) is 5.92 Å². The number of alkyl halides is 1. The molecule has 0 heterocycles.